The molecule has 2 aromatic carbocycles. The largest absolute Gasteiger partial charge is 0.464 e. The van der Waals surface area contributed by atoms with Crippen LogP contribution in [0, 0.1) is 0 Å². The van der Waals surface area contributed by atoms with Crippen molar-refractivity contribution >= 4 is 40.4 Å². The molecule has 0 radical (unpaired) electrons. The first-order valence-electron chi connectivity index (χ1n) is 19.3. The second kappa shape index (κ2) is 17.9. The average Bonchev–Trinajstić information content (AvgIpc) is 3.47. The molecule has 0 amide bonds. The summed E-state index contributed by atoms with van der Waals surface area (Å²) >= 11 is 7.23. The molecule has 0 bridgehead atoms. The Hall–Kier alpha value is -3.74. The Morgan fingerprint density at radius 2 is 1.60 bits per heavy atom. The zero-order valence-electron chi connectivity index (χ0n) is 32.2. The summed E-state index contributed by atoms with van der Waals surface area (Å²) in [5, 5.41) is 0.835. The molecule has 0 spiro atoms. The van der Waals surface area contributed by atoms with Crippen molar-refractivity contribution in [2.75, 3.05) is 37.8 Å². The van der Waals surface area contributed by atoms with Gasteiger partial charge < -0.3 is 19.2 Å². The van der Waals surface area contributed by atoms with Gasteiger partial charge in [0.05, 0.1) is 12.0 Å². The lowest BCUT2D eigenvalue weighted by atomic mass is 9.81. The van der Waals surface area contributed by atoms with Crippen molar-refractivity contribution < 1.29 is 23.6 Å². The van der Waals surface area contributed by atoms with Gasteiger partial charge in [0.2, 0.25) is 5.69 Å². The molecular weight excluding hydrogens is 668 g/mol. The first-order chi connectivity index (χ1) is 25.0. The molecule has 278 valence electrons. The molecule has 0 saturated carbocycles. The smallest absolute Gasteiger partial charge is 0.305 e. The number of nitrogens with zero attached hydrogens (tertiary/aromatic N) is 2. The summed E-state index contributed by atoms with van der Waals surface area (Å²) in [4.78, 5) is 26.0. The highest BCUT2D eigenvalue weighted by atomic mass is 35.5. The van der Waals surface area contributed by atoms with Crippen LogP contribution in [0.2, 0.25) is 0 Å². The van der Waals surface area contributed by atoms with Crippen LogP contribution in [0.15, 0.2) is 94.7 Å². The quantitative estimate of drug-likeness (QED) is 0.0923. The summed E-state index contributed by atoms with van der Waals surface area (Å²) < 4.78 is 14.1. The third kappa shape index (κ3) is 9.06. The number of anilines is 1. The van der Waals surface area contributed by atoms with E-state index >= 15 is 0 Å². The van der Waals surface area contributed by atoms with Crippen LogP contribution < -0.4 is 4.90 Å². The number of Topliss-reactive ketones (excluding diaryl/α,β-unsaturated/α-hetero) is 1. The van der Waals surface area contributed by atoms with Crippen molar-refractivity contribution in [2.24, 2.45) is 0 Å². The molecule has 0 aromatic heterocycles. The van der Waals surface area contributed by atoms with E-state index in [9.17, 15) is 9.59 Å². The number of ketones is 1. The van der Waals surface area contributed by atoms with Gasteiger partial charge in [0.1, 0.15) is 19.0 Å². The van der Waals surface area contributed by atoms with Crippen LogP contribution in [0.1, 0.15) is 110 Å². The molecule has 7 heteroatoms. The SMILES string of the molecule is CCCCOCC[N+]1=C(C=CC2=C(Cl)C(=CC=C3N(CCOC(=O)CCCCC(C)=O)c4ccccc4C3(C)C)CCC2)C(C)(C)c2ccccc21. The molecule has 0 fully saturated rings. The molecule has 6 nitrogen and oxygen atoms in total. The summed E-state index contributed by atoms with van der Waals surface area (Å²) in [5.74, 6) is -0.0608. The Bertz CT molecular complexity index is 1780. The van der Waals surface area contributed by atoms with Crippen LogP contribution in [-0.2, 0) is 29.9 Å². The van der Waals surface area contributed by atoms with E-state index in [0.717, 1.165) is 72.8 Å². The number of allylic oxidation sites excluding steroid dienone is 8. The second-order valence-corrected chi connectivity index (χ2v) is 15.7. The number of unbranched alkanes of at least 4 members (excludes halogenated alkanes) is 2. The van der Waals surface area contributed by atoms with Gasteiger partial charge in [0, 0.05) is 59.0 Å². The topological polar surface area (TPSA) is 58.9 Å². The van der Waals surface area contributed by atoms with Gasteiger partial charge in [-0.15, -0.1) is 0 Å². The Balaban J connectivity index is 1.37. The fourth-order valence-electron chi connectivity index (χ4n) is 7.80. The van der Waals surface area contributed by atoms with Gasteiger partial charge in [-0.3, -0.25) is 4.79 Å². The maximum atomic E-state index is 12.5. The number of fused-ring (bicyclic) bond motifs is 2. The van der Waals surface area contributed by atoms with E-state index in [1.807, 2.05) is 0 Å². The lowest BCUT2D eigenvalue weighted by Crippen LogP contribution is -2.29. The molecule has 3 aliphatic rings. The van der Waals surface area contributed by atoms with Crippen molar-refractivity contribution in [3.05, 3.63) is 106 Å². The molecule has 0 N–H and O–H groups in total. The number of ether oxygens (including phenoxy) is 2. The van der Waals surface area contributed by atoms with Crippen molar-refractivity contribution in [3.8, 4) is 0 Å². The van der Waals surface area contributed by atoms with Gasteiger partial charge in [0.25, 0.3) is 0 Å². The fraction of sp³-hybridized carbons (Fsp3) is 0.489. The lowest BCUT2D eigenvalue weighted by molar-refractivity contribution is -0.442. The molecule has 1 aliphatic carbocycles. The molecule has 2 aliphatic heterocycles. The summed E-state index contributed by atoms with van der Waals surface area (Å²) in [6, 6.07) is 17.2. The number of esters is 1. The van der Waals surface area contributed by atoms with Gasteiger partial charge in [-0.05, 0) is 88.1 Å². The number of halogens is 1. The molecule has 5 rings (SSSR count). The van der Waals surface area contributed by atoms with Crippen molar-refractivity contribution in [3.63, 3.8) is 0 Å². The Kier molecular flexibility index (Phi) is 13.6. The highest BCUT2D eigenvalue weighted by molar-refractivity contribution is 6.32. The maximum Gasteiger partial charge on any atom is 0.305 e. The first-order valence-corrected chi connectivity index (χ1v) is 19.7. The molecule has 0 atom stereocenters. The Morgan fingerprint density at radius 3 is 2.37 bits per heavy atom. The van der Waals surface area contributed by atoms with E-state index in [4.69, 9.17) is 21.1 Å². The third-order valence-electron chi connectivity index (χ3n) is 10.8. The van der Waals surface area contributed by atoms with E-state index in [-0.39, 0.29) is 22.6 Å². The number of hydrogen-bond donors (Lipinski definition) is 0. The molecular formula is C45H58ClN2O4+. The van der Waals surface area contributed by atoms with Crippen LogP contribution in [0.3, 0.4) is 0 Å². The molecule has 2 aromatic rings. The monoisotopic (exact) mass is 725 g/mol. The second-order valence-electron chi connectivity index (χ2n) is 15.3. The number of hydrogen-bond acceptors (Lipinski definition) is 5. The molecule has 2 heterocycles. The number of rotatable bonds is 17. The first kappa shape index (κ1) is 39.5. The zero-order chi connectivity index (χ0) is 37.3. The predicted octanol–water partition coefficient (Wildman–Crippen LogP) is 10.4. The van der Waals surface area contributed by atoms with Crippen LogP contribution in [0.5, 0.6) is 0 Å². The Labute approximate surface area is 316 Å². The van der Waals surface area contributed by atoms with Crippen molar-refractivity contribution in [1.29, 1.82) is 0 Å². The van der Waals surface area contributed by atoms with E-state index in [2.05, 4.69) is 117 Å². The van der Waals surface area contributed by atoms with Gasteiger partial charge in [-0.2, -0.15) is 4.58 Å². The van der Waals surface area contributed by atoms with Crippen LogP contribution in [0.25, 0.3) is 0 Å². The minimum absolute atomic E-state index is 0.141. The van der Waals surface area contributed by atoms with E-state index in [1.165, 1.54) is 22.5 Å². The standard InChI is InChI=1S/C45H58ClN2O4/c1-7-8-30-51-31-28-47-38-21-12-10-19-36(38)44(3,4)40(47)26-24-34-17-15-18-35(43(34)46)25-27-41-45(5,6)37-20-11-13-22-39(37)48(41)29-32-52-42(50)23-14-9-16-33(2)49/h10-13,19-22,24-27H,7-9,14-18,23,28-32H2,1-6H3/q+1. The summed E-state index contributed by atoms with van der Waals surface area (Å²) in [6.45, 7) is 16.0. The van der Waals surface area contributed by atoms with Crippen molar-refractivity contribution in [1.82, 2.24) is 0 Å². The highest BCUT2D eigenvalue weighted by Gasteiger charge is 2.44. The van der Waals surface area contributed by atoms with E-state index in [1.54, 1.807) is 6.92 Å². The van der Waals surface area contributed by atoms with Crippen LogP contribution >= 0.6 is 11.6 Å². The minimum Gasteiger partial charge on any atom is -0.464 e. The normalized spacial score (nSPS) is 19.2. The molecule has 0 unspecified atom stereocenters. The van der Waals surface area contributed by atoms with Gasteiger partial charge >= 0.3 is 5.97 Å². The van der Waals surface area contributed by atoms with Crippen molar-refractivity contribution in [2.45, 2.75) is 110 Å². The fourth-order valence-corrected chi connectivity index (χ4v) is 8.12. The predicted molar refractivity (Wildman–Crippen MR) is 214 cm³/mol. The summed E-state index contributed by atoms with van der Waals surface area (Å²) in [5.41, 5.74) is 9.33. The maximum absolute atomic E-state index is 12.5. The molecule has 0 saturated heterocycles. The summed E-state index contributed by atoms with van der Waals surface area (Å²) in [7, 11) is 0. The number of para-hydroxylation sites is 2. The zero-order valence-corrected chi connectivity index (χ0v) is 33.0. The van der Waals surface area contributed by atoms with Gasteiger partial charge in [-0.1, -0.05) is 87.3 Å². The number of benzene rings is 2. The number of carbonyl (C=O) groups excluding carboxylic acids is 2. The molecule has 52 heavy (non-hydrogen) atoms. The van der Waals surface area contributed by atoms with E-state index in [0.29, 0.717) is 45.4 Å². The highest BCUT2D eigenvalue weighted by Crippen LogP contribution is 2.48. The van der Waals surface area contributed by atoms with Crippen LogP contribution in [0.4, 0.5) is 11.4 Å². The lowest BCUT2D eigenvalue weighted by Gasteiger charge is -2.27. The third-order valence-corrected chi connectivity index (χ3v) is 11.3. The van der Waals surface area contributed by atoms with Crippen LogP contribution in [-0.4, -0.2) is 54.9 Å². The average molecular weight is 726 g/mol. The number of carbonyl (C=O) groups is 2. The van der Waals surface area contributed by atoms with Gasteiger partial charge in [0.15, 0.2) is 12.3 Å². The summed E-state index contributed by atoms with van der Waals surface area (Å²) in [6.07, 6.45) is 16.3. The van der Waals surface area contributed by atoms with Gasteiger partial charge in [-0.25, -0.2) is 0 Å². The van der Waals surface area contributed by atoms with E-state index < -0.39 is 0 Å². The minimum atomic E-state index is -0.235. The Morgan fingerprint density at radius 1 is 0.865 bits per heavy atom.